The van der Waals surface area contributed by atoms with Gasteiger partial charge >= 0.3 is 0 Å². The van der Waals surface area contributed by atoms with Crippen LogP contribution in [0, 0.1) is 36.0 Å². The molecular formula is C37H45FN4OSSi. The number of rotatable bonds is 6. The minimum atomic E-state index is -2.02. The molecule has 2 unspecified atom stereocenters. The Kier molecular flexibility index (Phi) is 8.64. The molecule has 45 heavy (non-hydrogen) atoms. The number of hydrogen-bond acceptors (Lipinski definition) is 6. The number of anilines is 1. The average molecular weight is 641 g/mol. The van der Waals surface area contributed by atoms with Crippen molar-refractivity contribution in [3.05, 3.63) is 47.4 Å². The maximum atomic E-state index is 17.0. The molecule has 5 nitrogen and oxygen atoms in total. The Morgan fingerprint density at radius 3 is 2.24 bits per heavy atom. The van der Waals surface area contributed by atoms with Crippen LogP contribution in [0.5, 0.6) is 5.75 Å². The Bertz CT molecular complexity index is 1810. The number of piperidine rings is 1. The first-order valence-electron chi connectivity index (χ1n) is 16.4. The summed E-state index contributed by atoms with van der Waals surface area (Å²) < 4.78 is 17.0. The molecule has 6 rings (SSSR count). The number of pyridine rings is 1. The van der Waals surface area contributed by atoms with E-state index in [-0.39, 0.29) is 17.0 Å². The van der Waals surface area contributed by atoms with Crippen LogP contribution in [-0.2, 0) is 0 Å². The van der Waals surface area contributed by atoms with Gasteiger partial charge in [-0.1, -0.05) is 71.4 Å². The predicted octanol–water partition coefficient (Wildman–Crippen LogP) is 9.53. The molecule has 1 aliphatic carbocycles. The van der Waals surface area contributed by atoms with E-state index in [1.54, 1.807) is 12.1 Å². The van der Waals surface area contributed by atoms with E-state index in [9.17, 15) is 5.11 Å². The summed E-state index contributed by atoms with van der Waals surface area (Å²) in [6, 6.07) is 9.28. The van der Waals surface area contributed by atoms with Crippen LogP contribution >= 0.6 is 11.8 Å². The molecule has 8 heteroatoms. The molecule has 2 fully saturated rings. The fraction of sp³-hybridized carbons (Fsp3) is 0.486. The fourth-order valence-electron chi connectivity index (χ4n) is 8.50. The van der Waals surface area contributed by atoms with E-state index in [1.807, 2.05) is 31.4 Å². The molecule has 0 radical (unpaired) electrons. The fourth-order valence-corrected chi connectivity index (χ4v) is 14.1. The van der Waals surface area contributed by atoms with E-state index in [0.29, 0.717) is 50.3 Å². The van der Waals surface area contributed by atoms with Gasteiger partial charge in [-0.3, -0.25) is 0 Å². The molecule has 2 aromatic carbocycles. The molecule has 1 N–H and O–H groups in total. The number of aryl methyl sites for hydroxylation is 1. The van der Waals surface area contributed by atoms with Crippen molar-refractivity contribution >= 4 is 47.3 Å². The molecule has 0 spiro atoms. The van der Waals surface area contributed by atoms with Gasteiger partial charge in [0.05, 0.1) is 11.1 Å². The molecule has 2 aliphatic rings. The quantitative estimate of drug-likeness (QED) is 0.0980. The van der Waals surface area contributed by atoms with Gasteiger partial charge in [0.15, 0.2) is 11.0 Å². The van der Waals surface area contributed by atoms with Crippen molar-refractivity contribution in [3.8, 4) is 28.5 Å². The van der Waals surface area contributed by atoms with Gasteiger partial charge in [-0.2, -0.15) is 0 Å². The number of hydrogen-bond donors (Lipinski definition) is 1. The van der Waals surface area contributed by atoms with E-state index in [4.69, 9.17) is 15.0 Å². The molecule has 4 aromatic rings. The first-order chi connectivity index (χ1) is 21.4. The minimum Gasteiger partial charge on any atom is -0.508 e. The zero-order valence-corrected chi connectivity index (χ0v) is 29.6. The van der Waals surface area contributed by atoms with E-state index in [0.717, 1.165) is 35.2 Å². The standard InChI is InChI=1S/C37H45FN4OSSi/c1-21(2)45(22(3)4,23(5)6)15-14-27-10-9-11-28-17-29(43)18-30(32(27)28)34-33(38)35-31(24(7)39-34)36(41-37(40-35)44-8)42-19-25-12-13-26(16-25)20-42/h9-11,17-18,21-23,25-26,43H,12-13,16,19-20H2,1-8H3. The summed E-state index contributed by atoms with van der Waals surface area (Å²) >= 11 is 1.43. The number of halogens is 1. The summed E-state index contributed by atoms with van der Waals surface area (Å²) in [5.74, 6) is 5.29. The number of thioether (sulfide) groups is 1. The second-order valence-electron chi connectivity index (χ2n) is 14.1. The lowest BCUT2D eigenvalue weighted by atomic mass is 9.95. The molecular weight excluding hydrogens is 596 g/mol. The lowest BCUT2D eigenvalue weighted by Gasteiger charge is -2.38. The Morgan fingerprint density at radius 2 is 1.62 bits per heavy atom. The minimum absolute atomic E-state index is 0.0637. The number of aromatic hydroxyl groups is 1. The second kappa shape index (κ2) is 12.2. The van der Waals surface area contributed by atoms with Crippen molar-refractivity contribution in [1.29, 1.82) is 0 Å². The molecule has 236 valence electrons. The molecule has 2 aromatic heterocycles. The molecule has 3 heterocycles. The number of fused-ring (bicyclic) bond motifs is 4. The van der Waals surface area contributed by atoms with Crippen molar-refractivity contribution in [2.75, 3.05) is 24.2 Å². The topological polar surface area (TPSA) is 62.1 Å². The maximum Gasteiger partial charge on any atom is 0.189 e. The number of benzene rings is 2. The van der Waals surface area contributed by atoms with E-state index < -0.39 is 13.9 Å². The SMILES string of the molecule is CSc1nc(N2CC3CCC(C3)C2)c2c(C)nc(-c3cc(O)cc4cccc(C#C[Si](C(C)C)(C(C)C)C(C)C)c34)c(F)c2n1. The van der Waals surface area contributed by atoms with Crippen LogP contribution in [-0.4, -0.2) is 47.5 Å². The smallest absolute Gasteiger partial charge is 0.189 e. The third-order valence-corrected chi connectivity index (χ3v) is 17.3. The largest absolute Gasteiger partial charge is 0.508 e. The lowest BCUT2D eigenvalue weighted by molar-refractivity contribution is 0.419. The summed E-state index contributed by atoms with van der Waals surface area (Å²) in [5.41, 5.74) is 7.83. The highest BCUT2D eigenvalue weighted by Gasteiger charge is 2.42. The van der Waals surface area contributed by atoms with Gasteiger partial charge in [0.1, 0.15) is 30.9 Å². The Balaban J connectivity index is 1.59. The van der Waals surface area contributed by atoms with Crippen molar-refractivity contribution in [2.24, 2.45) is 11.8 Å². The zero-order chi connectivity index (χ0) is 32.2. The van der Waals surface area contributed by atoms with Crippen LogP contribution in [0.3, 0.4) is 0 Å². The number of aromatic nitrogens is 3. The van der Waals surface area contributed by atoms with Gasteiger partial charge in [0.2, 0.25) is 0 Å². The predicted molar refractivity (Wildman–Crippen MR) is 189 cm³/mol. The Morgan fingerprint density at radius 1 is 0.956 bits per heavy atom. The summed E-state index contributed by atoms with van der Waals surface area (Å²) in [7, 11) is -2.02. The van der Waals surface area contributed by atoms with Crippen LogP contribution in [0.1, 0.15) is 72.1 Å². The summed E-state index contributed by atoms with van der Waals surface area (Å²) in [6.07, 6.45) is 5.70. The highest BCUT2D eigenvalue weighted by molar-refractivity contribution is 7.98. The van der Waals surface area contributed by atoms with E-state index in [2.05, 4.69) is 57.9 Å². The van der Waals surface area contributed by atoms with Gasteiger partial charge in [-0.15, -0.1) is 5.54 Å². The highest BCUT2D eigenvalue weighted by atomic mass is 32.2. The van der Waals surface area contributed by atoms with Crippen LogP contribution < -0.4 is 4.90 Å². The van der Waals surface area contributed by atoms with Gasteiger partial charge in [0, 0.05) is 29.6 Å². The molecule has 1 saturated carbocycles. The van der Waals surface area contributed by atoms with E-state index in [1.165, 1.54) is 31.0 Å². The highest BCUT2D eigenvalue weighted by Crippen LogP contribution is 2.44. The zero-order valence-electron chi connectivity index (χ0n) is 27.8. The molecule has 2 atom stereocenters. The first kappa shape index (κ1) is 31.8. The van der Waals surface area contributed by atoms with Crippen LogP contribution in [0.2, 0.25) is 16.6 Å². The molecule has 1 aliphatic heterocycles. The molecule has 1 saturated heterocycles. The van der Waals surface area contributed by atoms with Crippen LogP contribution in [0.15, 0.2) is 35.5 Å². The first-order valence-corrected chi connectivity index (χ1v) is 19.9. The summed E-state index contributed by atoms with van der Waals surface area (Å²) in [5, 5.41) is 13.7. The monoisotopic (exact) mass is 640 g/mol. The van der Waals surface area contributed by atoms with Crippen molar-refractivity contribution in [2.45, 2.75) is 89.5 Å². The third kappa shape index (κ3) is 5.50. The Hall–Kier alpha value is -3.15. The number of nitrogens with zero attached hydrogens (tertiary/aromatic N) is 4. The summed E-state index contributed by atoms with van der Waals surface area (Å²) in [6.45, 7) is 17.6. The van der Waals surface area contributed by atoms with E-state index >= 15 is 4.39 Å². The number of phenols is 1. The van der Waals surface area contributed by atoms with Crippen molar-refractivity contribution in [3.63, 3.8) is 0 Å². The third-order valence-electron chi connectivity index (χ3n) is 10.5. The average Bonchev–Trinajstić information content (AvgIpc) is 3.34. The van der Waals surface area contributed by atoms with Crippen LogP contribution in [0.4, 0.5) is 10.2 Å². The van der Waals surface area contributed by atoms with Gasteiger partial charge < -0.3 is 10.0 Å². The van der Waals surface area contributed by atoms with Crippen molar-refractivity contribution in [1.82, 2.24) is 15.0 Å². The summed E-state index contributed by atoms with van der Waals surface area (Å²) in [4.78, 5) is 16.9. The second-order valence-corrected chi connectivity index (χ2v) is 20.5. The molecule has 0 amide bonds. The van der Waals surface area contributed by atoms with Gasteiger partial charge in [-0.25, -0.2) is 19.3 Å². The van der Waals surface area contributed by atoms with Crippen molar-refractivity contribution < 1.29 is 9.50 Å². The van der Waals surface area contributed by atoms with Gasteiger partial charge in [-0.05, 0) is 84.5 Å². The maximum absolute atomic E-state index is 17.0. The lowest BCUT2D eigenvalue weighted by Crippen LogP contribution is -2.43. The molecule has 2 bridgehead atoms. The Labute approximate surface area is 272 Å². The van der Waals surface area contributed by atoms with Gasteiger partial charge in [0.25, 0.3) is 0 Å². The normalized spacial score (nSPS) is 18.4. The number of phenolic OH excluding ortho intramolecular Hbond substituents is 1. The van der Waals surface area contributed by atoms with Crippen LogP contribution in [0.25, 0.3) is 32.9 Å².